The molecule has 1 aliphatic heterocycles. The van der Waals surface area contributed by atoms with E-state index in [1.807, 2.05) is 32.0 Å². The molecule has 0 spiro atoms. The highest BCUT2D eigenvalue weighted by molar-refractivity contribution is 7.91. The zero-order valence-electron chi connectivity index (χ0n) is 9.97. The van der Waals surface area contributed by atoms with Gasteiger partial charge in [0.05, 0.1) is 23.7 Å². The van der Waals surface area contributed by atoms with Gasteiger partial charge in [-0.25, -0.2) is 8.42 Å². The number of aliphatic hydroxyl groups is 1. The quantitative estimate of drug-likeness (QED) is 0.823. The third-order valence-corrected chi connectivity index (χ3v) is 4.85. The average molecular weight is 255 g/mol. The Morgan fingerprint density at radius 1 is 1.24 bits per heavy atom. The maximum absolute atomic E-state index is 11.4. The first-order chi connectivity index (χ1) is 7.89. The molecule has 1 heterocycles. The van der Waals surface area contributed by atoms with Crippen LogP contribution in [0.25, 0.3) is 0 Å². The molecule has 2 N–H and O–H groups in total. The van der Waals surface area contributed by atoms with Crippen molar-refractivity contribution < 1.29 is 13.5 Å². The highest BCUT2D eigenvalue weighted by atomic mass is 32.2. The van der Waals surface area contributed by atoms with Crippen molar-refractivity contribution >= 4 is 15.5 Å². The van der Waals surface area contributed by atoms with Crippen molar-refractivity contribution in [1.82, 2.24) is 0 Å². The van der Waals surface area contributed by atoms with Crippen molar-refractivity contribution in [3.05, 3.63) is 29.3 Å². The van der Waals surface area contributed by atoms with E-state index in [1.165, 1.54) is 0 Å². The number of hydrogen-bond donors (Lipinski definition) is 2. The van der Waals surface area contributed by atoms with Crippen LogP contribution in [0.4, 0.5) is 5.69 Å². The zero-order chi connectivity index (χ0) is 12.6. The Labute approximate surface area is 102 Å². The van der Waals surface area contributed by atoms with Gasteiger partial charge in [-0.15, -0.1) is 0 Å². The van der Waals surface area contributed by atoms with E-state index in [0.29, 0.717) is 0 Å². The fourth-order valence-corrected chi connectivity index (χ4v) is 3.94. The Morgan fingerprint density at radius 3 is 2.29 bits per heavy atom. The van der Waals surface area contributed by atoms with Crippen molar-refractivity contribution in [3.63, 3.8) is 0 Å². The normalized spacial score (nSPS) is 27.0. The van der Waals surface area contributed by atoms with Crippen LogP contribution in [0, 0.1) is 13.8 Å². The molecule has 2 atom stereocenters. The lowest BCUT2D eigenvalue weighted by atomic mass is 10.1. The van der Waals surface area contributed by atoms with Gasteiger partial charge in [0.2, 0.25) is 0 Å². The minimum Gasteiger partial charge on any atom is -0.390 e. The fraction of sp³-hybridized carbons (Fsp3) is 0.500. The molecule has 1 saturated heterocycles. The van der Waals surface area contributed by atoms with Gasteiger partial charge in [-0.3, -0.25) is 0 Å². The van der Waals surface area contributed by atoms with Gasteiger partial charge in [-0.05, 0) is 25.0 Å². The first kappa shape index (κ1) is 12.4. The molecule has 0 amide bonds. The van der Waals surface area contributed by atoms with Crippen LogP contribution in [-0.4, -0.2) is 37.2 Å². The molecule has 0 radical (unpaired) electrons. The van der Waals surface area contributed by atoms with Gasteiger partial charge in [0, 0.05) is 5.69 Å². The van der Waals surface area contributed by atoms with Gasteiger partial charge in [-0.2, -0.15) is 0 Å². The van der Waals surface area contributed by atoms with E-state index < -0.39 is 22.0 Å². The smallest absolute Gasteiger partial charge is 0.155 e. The summed E-state index contributed by atoms with van der Waals surface area (Å²) in [5, 5.41) is 12.9. The minimum atomic E-state index is -3.10. The summed E-state index contributed by atoms with van der Waals surface area (Å²) in [6, 6.07) is 5.48. The number of para-hydroxylation sites is 1. The monoisotopic (exact) mass is 255 g/mol. The SMILES string of the molecule is Cc1cccc(C)c1N[C@@H]1CS(=O)(=O)C[C@H]1O. The summed E-state index contributed by atoms with van der Waals surface area (Å²) in [5.74, 6) is -0.141. The molecule has 94 valence electrons. The van der Waals surface area contributed by atoms with Crippen LogP contribution < -0.4 is 5.32 Å². The van der Waals surface area contributed by atoms with Crippen LogP contribution in [0.3, 0.4) is 0 Å². The maximum atomic E-state index is 11.4. The standard InChI is InChI=1S/C12H17NO3S/c1-8-4-3-5-9(2)12(8)13-10-6-17(15,16)7-11(10)14/h3-5,10-11,13-14H,6-7H2,1-2H3/t10-,11-/m1/s1. The second-order valence-electron chi connectivity index (χ2n) is 4.66. The second-order valence-corrected chi connectivity index (χ2v) is 6.82. The van der Waals surface area contributed by atoms with Crippen LogP contribution in [0.1, 0.15) is 11.1 Å². The number of aryl methyl sites for hydroxylation is 2. The van der Waals surface area contributed by atoms with Gasteiger partial charge in [0.1, 0.15) is 0 Å². The molecule has 2 rings (SSSR count). The molecule has 17 heavy (non-hydrogen) atoms. The summed E-state index contributed by atoms with van der Waals surface area (Å²) < 4.78 is 22.8. The molecule has 0 unspecified atom stereocenters. The van der Waals surface area contributed by atoms with Crippen molar-refractivity contribution in [2.24, 2.45) is 0 Å². The topological polar surface area (TPSA) is 66.4 Å². The molecule has 1 aromatic carbocycles. The number of rotatable bonds is 2. The summed E-state index contributed by atoms with van der Waals surface area (Å²) in [6.07, 6.45) is -0.820. The van der Waals surface area contributed by atoms with E-state index >= 15 is 0 Å². The van der Waals surface area contributed by atoms with E-state index in [0.717, 1.165) is 16.8 Å². The Kier molecular flexibility index (Phi) is 3.14. The molecular formula is C12H17NO3S. The second kappa shape index (κ2) is 4.31. The number of hydrogen-bond acceptors (Lipinski definition) is 4. The molecule has 0 aromatic heterocycles. The van der Waals surface area contributed by atoms with Gasteiger partial charge < -0.3 is 10.4 Å². The van der Waals surface area contributed by atoms with Crippen molar-refractivity contribution in [1.29, 1.82) is 0 Å². The summed E-state index contributed by atoms with van der Waals surface area (Å²) in [5.41, 5.74) is 3.04. The third kappa shape index (κ3) is 2.61. The molecule has 1 aromatic rings. The highest BCUT2D eigenvalue weighted by Crippen LogP contribution is 2.24. The predicted octanol–water partition coefficient (Wildman–Crippen LogP) is 0.873. The number of sulfone groups is 1. The molecular weight excluding hydrogens is 238 g/mol. The van der Waals surface area contributed by atoms with Crippen LogP contribution in [0.15, 0.2) is 18.2 Å². The average Bonchev–Trinajstić information content (AvgIpc) is 2.46. The number of aliphatic hydroxyl groups excluding tert-OH is 1. The maximum Gasteiger partial charge on any atom is 0.155 e. The van der Waals surface area contributed by atoms with Gasteiger partial charge in [-0.1, -0.05) is 18.2 Å². The summed E-state index contributed by atoms with van der Waals surface area (Å²) >= 11 is 0. The Balaban J connectivity index is 2.22. The number of benzene rings is 1. The molecule has 0 bridgehead atoms. The molecule has 0 aliphatic carbocycles. The van der Waals surface area contributed by atoms with Crippen molar-refractivity contribution in [3.8, 4) is 0 Å². The van der Waals surface area contributed by atoms with Crippen molar-refractivity contribution in [2.45, 2.75) is 26.0 Å². The third-order valence-electron chi connectivity index (χ3n) is 3.13. The summed E-state index contributed by atoms with van der Waals surface area (Å²) in [7, 11) is -3.10. The Bertz CT molecular complexity index is 504. The lowest BCUT2D eigenvalue weighted by Gasteiger charge is -2.19. The number of nitrogens with one attached hydrogen (secondary N) is 1. The number of anilines is 1. The summed E-state index contributed by atoms with van der Waals surface area (Å²) in [6.45, 7) is 3.93. The molecule has 5 heteroatoms. The van der Waals surface area contributed by atoms with Crippen LogP contribution in [-0.2, 0) is 9.84 Å². The van der Waals surface area contributed by atoms with Crippen LogP contribution >= 0.6 is 0 Å². The lowest BCUT2D eigenvalue weighted by molar-refractivity contribution is 0.190. The Morgan fingerprint density at radius 2 is 1.82 bits per heavy atom. The molecule has 4 nitrogen and oxygen atoms in total. The predicted molar refractivity (Wildman–Crippen MR) is 68.0 cm³/mol. The lowest BCUT2D eigenvalue weighted by Crippen LogP contribution is -2.32. The zero-order valence-corrected chi connectivity index (χ0v) is 10.8. The molecule has 1 aliphatic rings. The van der Waals surface area contributed by atoms with Gasteiger partial charge in [0.15, 0.2) is 9.84 Å². The first-order valence-electron chi connectivity index (χ1n) is 5.60. The fourth-order valence-electron chi connectivity index (χ4n) is 2.19. The van der Waals surface area contributed by atoms with Crippen molar-refractivity contribution in [2.75, 3.05) is 16.8 Å². The molecule has 1 fully saturated rings. The van der Waals surface area contributed by atoms with E-state index in [2.05, 4.69) is 5.32 Å². The van der Waals surface area contributed by atoms with Crippen LogP contribution in [0.2, 0.25) is 0 Å². The van der Waals surface area contributed by atoms with E-state index in [4.69, 9.17) is 0 Å². The minimum absolute atomic E-state index is 0.00193. The first-order valence-corrected chi connectivity index (χ1v) is 7.42. The summed E-state index contributed by atoms with van der Waals surface area (Å²) in [4.78, 5) is 0. The van der Waals surface area contributed by atoms with Gasteiger partial charge in [0.25, 0.3) is 0 Å². The van der Waals surface area contributed by atoms with E-state index in [1.54, 1.807) is 0 Å². The van der Waals surface area contributed by atoms with Crippen LogP contribution in [0.5, 0.6) is 0 Å². The Hall–Kier alpha value is -1.07. The van der Waals surface area contributed by atoms with Gasteiger partial charge >= 0.3 is 0 Å². The largest absolute Gasteiger partial charge is 0.390 e. The highest BCUT2D eigenvalue weighted by Gasteiger charge is 2.36. The van der Waals surface area contributed by atoms with E-state index in [-0.39, 0.29) is 11.5 Å². The molecule has 0 saturated carbocycles. The van der Waals surface area contributed by atoms with E-state index in [9.17, 15) is 13.5 Å².